The smallest absolute Gasteiger partial charge is 0.0819 e. The van der Waals surface area contributed by atoms with E-state index in [4.69, 9.17) is 11.5 Å². The number of hydrogen-bond acceptors (Lipinski definition) is 2. The lowest BCUT2D eigenvalue weighted by Gasteiger charge is -2.36. The minimum atomic E-state index is -0.627. The summed E-state index contributed by atoms with van der Waals surface area (Å²) in [4.78, 5) is 0. The van der Waals surface area contributed by atoms with E-state index in [-0.39, 0.29) is 6.04 Å². The van der Waals surface area contributed by atoms with Gasteiger partial charge in [0.15, 0.2) is 0 Å². The molecule has 0 aliphatic carbocycles. The van der Waals surface area contributed by atoms with Crippen molar-refractivity contribution in [1.82, 2.24) is 0 Å². The molecule has 0 saturated heterocycles. The third kappa shape index (κ3) is 2.92. The SMILES string of the molecule is CCCCC(N)C(N)(c1ccccc1)c1ccccc1. The van der Waals surface area contributed by atoms with Gasteiger partial charge in [0.1, 0.15) is 0 Å². The zero-order valence-corrected chi connectivity index (χ0v) is 12.1. The molecule has 0 aliphatic heterocycles. The number of hydrogen-bond donors (Lipinski definition) is 2. The predicted octanol–water partition coefficient (Wildman–Crippen LogP) is 3.41. The van der Waals surface area contributed by atoms with Crippen LogP contribution in [0.25, 0.3) is 0 Å². The second kappa shape index (κ2) is 6.69. The van der Waals surface area contributed by atoms with E-state index in [2.05, 4.69) is 31.2 Å². The maximum absolute atomic E-state index is 6.80. The molecule has 1 atom stereocenters. The van der Waals surface area contributed by atoms with Crippen LogP contribution in [0.3, 0.4) is 0 Å². The molecule has 2 nitrogen and oxygen atoms in total. The normalized spacial score (nSPS) is 13.2. The van der Waals surface area contributed by atoms with Gasteiger partial charge in [0.05, 0.1) is 5.54 Å². The molecule has 2 heteroatoms. The van der Waals surface area contributed by atoms with Gasteiger partial charge in [0, 0.05) is 6.04 Å². The Morgan fingerprint density at radius 3 is 1.75 bits per heavy atom. The van der Waals surface area contributed by atoms with Crippen molar-refractivity contribution >= 4 is 0 Å². The molecule has 2 aromatic carbocycles. The van der Waals surface area contributed by atoms with Gasteiger partial charge in [-0.25, -0.2) is 0 Å². The van der Waals surface area contributed by atoms with Crippen molar-refractivity contribution in [3.63, 3.8) is 0 Å². The molecule has 2 rings (SSSR count). The van der Waals surface area contributed by atoms with Gasteiger partial charge in [-0.05, 0) is 17.5 Å². The molecule has 20 heavy (non-hydrogen) atoms. The predicted molar refractivity (Wildman–Crippen MR) is 85.4 cm³/mol. The van der Waals surface area contributed by atoms with E-state index in [0.29, 0.717) is 0 Å². The lowest BCUT2D eigenvalue weighted by molar-refractivity contribution is 0.389. The lowest BCUT2D eigenvalue weighted by atomic mass is 9.76. The lowest BCUT2D eigenvalue weighted by Crippen LogP contribution is -2.53. The van der Waals surface area contributed by atoms with Crippen LogP contribution in [-0.2, 0) is 5.54 Å². The van der Waals surface area contributed by atoms with Crippen LogP contribution < -0.4 is 11.5 Å². The van der Waals surface area contributed by atoms with Gasteiger partial charge >= 0.3 is 0 Å². The van der Waals surface area contributed by atoms with Crippen molar-refractivity contribution in [3.8, 4) is 0 Å². The molecule has 0 radical (unpaired) electrons. The highest BCUT2D eigenvalue weighted by atomic mass is 14.9. The van der Waals surface area contributed by atoms with Gasteiger partial charge in [-0.3, -0.25) is 0 Å². The van der Waals surface area contributed by atoms with Gasteiger partial charge in [0.25, 0.3) is 0 Å². The minimum Gasteiger partial charge on any atom is -0.326 e. The first-order chi connectivity index (χ1) is 9.69. The van der Waals surface area contributed by atoms with Crippen molar-refractivity contribution in [1.29, 1.82) is 0 Å². The first-order valence-corrected chi connectivity index (χ1v) is 7.35. The van der Waals surface area contributed by atoms with E-state index in [9.17, 15) is 0 Å². The van der Waals surface area contributed by atoms with E-state index < -0.39 is 5.54 Å². The van der Waals surface area contributed by atoms with Crippen LogP contribution in [0.1, 0.15) is 37.3 Å². The summed E-state index contributed by atoms with van der Waals surface area (Å²) < 4.78 is 0. The number of benzene rings is 2. The fourth-order valence-corrected chi connectivity index (χ4v) is 2.67. The maximum Gasteiger partial charge on any atom is 0.0819 e. The van der Waals surface area contributed by atoms with Gasteiger partial charge in [-0.1, -0.05) is 80.4 Å². The van der Waals surface area contributed by atoms with Crippen LogP contribution in [0.5, 0.6) is 0 Å². The summed E-state index contributed by atoms with van der Waals surface area (Å²) in [5, 5.41) is 0. The molecule has 0 heterocycles. The van der Waals surface area contributed by atoms with Crippen LogP contribution in [0.4, 0.5) is 0 Å². The zero-order chi connectivity index (χ0) is 14.4. The number of nitrogens with two attached hydrogens (primary N) is 2. The average Bonchev–Trinajstić information content (AvgIpc) is 2.53. The molecule has 0 saturated carbocycles. The molecular formula is C18H24N2. The highest BCUT2D eigenvalue weighted by Gasteiger charge is 2.35. The summed E-state index contributed by atoms with van der Waals surface area (Å²) in [6, 6.07) is 20.3. The third-order valence-electron chi connectivity index (χ3n) is 3.96. The van der Waals surface area contributed by atoms with Gasteiger partial charge in [-0.2, -0.15) is 0 Å². The van der Waals surface area contributed by atoms with Gasteiger partial charge in [-0.15, -0.1) is 0 Å². The second-order valence-corrected chi connectivity index (χ2v) is 5.35. The standard InChI is InChI=1S/C18H24N2/c1-2-3-14-17(19)18(20,15-10-6-4-7-11-15)16-12-8-5-9-13-16/h4-13,17H,2-3,14,19-20H2,1H3. The Labute approximate surface area is 121 Å². The Hall–Kier alpha value is -1.64. The molecule has 0 aliphatic rings. The maximum atomic E-state index is 6.80. The van der Waals surface area contributed by atoms with E-state index in [1.165, 1.54) is 0 Å². The fraction of sp³-hybridized carbons (Fsp3) is 0.333. The first kappa shape index (κ1) is 14.8. The first-order valence-electron chi connectivity index (χ1n) is 7.35. The molecule has 0 aromatic heterocycles. The summed E-state index contributed by atoms with van der Waals surface area (Å²) >= 11 is 0. The van der Waals surface area contributed by atoms with Crippen LogP contribution in [0.2, 0.25) is 0 Å². The molecular weight excluding hydrogens is 244 g/mol. The Bertz CT molecular complexity index is 468. The van der Waals surface area contributed by atoms with Gasteiger partial charge in [0.2, 0.25) is 0 Å². The minimum absolute atomic E-state index is 0.0905. The Morgan fingerprint density at radius 2 is 1.35 bits per heavy atom. The van der Waals surface area contributed by atoms with Gasteiger partial charge < -0.3 is 11.5 Å². The summed E-state index contributed by atoms with van der Waals surface area (Å²) in [5.41, 5.74) is 14.8. The Kier molecular flexibility index (Phi) is 4.94. The molecule has 0 bridgehead atoms. The van der Waals surface area contributed by atoms with Crippen LogP contribution >= 0.6 is 0 Å². The van der Waals surface area contributed by atoms with E-state index in [0.717, 1.165) is 30.4 Å². The van der Waals surface area contributed by atoms with Crippen LogP contribution in [0, 0.1) is 0 Å². The van der Waals surface area contributed by atoms with Crippen molar-refractivity contribution in [2.75, 3.05) is 0 Å². The molecule has 0 spiro atoms. The molecule has 1 unspecified atom stereocenters. The zero-order valence-electron chi connectivity index (χ0n) is 12.1. The molecule has 4 N–H and O–H groups in total. The molecule has 106 valence electrons. The van der Waals surface area contributed by atoms with E-state index in [1.54, 1.807) is 0 Å². The molecule has 2 aromatic rings. The molecule has 0 amide bonds. The van der Waals surface area contributed by atoms with Crippen molar-refractivity contribution in [2.24, 2.45) is 11.5 Å². The monoisotopic (exact) mass is 268 g/mol. The van der Waals surface area contributed by atoms with E-state index >= 15 is 0 Å². The third-order valence-corrected chi connectivity index (χ3v) is 3.96. The summed E-state index contributed by atoms with van der Waals surface area (Å²) in [7, 11) is 0. The highest BCUT2D eigenvalue weighted by molar-refractivity contribution is 5.39. The summed E-state index contributed by atoms with van der Waals surface area (Å²) in [6.07, 6.45) is 3.16. The number of rotatable bonds is 6. The van der Waals surface area contributed by atoms with Crippen LogP contribution in [0.15, 0.2) is 60.7 Å². The second-order valence-electron chi connectivity index (χ2n) is 5.35. The van der Waals surface area contributed by atoms with Crippen molar-refractivity contribution < 1.29 is 0 Å². The molecule has 0 fully saturated rings. The van der Waals surface area contributed by atoms with E-state index in [1.807, 2.05) is 36.4 Å². The average molecular weight is 268 g/mol. The topological polar surface area (TPSA) is 52.0 Å². The largest absolute Gasteiger partial charge is 0.326 e. The van der Waals surface area contributed by atoms with Crippen LogP contribution in [-0.4, -0.2) is 6.04 Å². The number of unbranched alkanes of at least 4 members (excludes halogenated alkanes) is 1. The highest BCUT2D eigenvalue weighted by Crippen LogP contribution is 2.31. The Balaban J connectivity index is 2.43. The summed E-state index contributed by atoms with van der Waals surface area (Å²) in [6.45, 7) is 2.18. The fourth-order valence-electron chi connectivity index (χ4n) is 2.67. The summed E-state index contributed by atoms with van der Waals surface area (Å²) in [5.74, 6) is 0. The quantitative estimate of drug-likeness (QED) is 0.843. The van der Waals surface area contributed by atoms with Crippen molar-refractivity contribution in [3.05, 3.63) is 71.8 Å². The van der Waals surface area contributed by atoms with Crippen molar-refractivity contribution in [2.45, 2.75) is 37.8 Å². The Morgan fingerprint density at radius 1 is 0.900 bits per heavy atom.